The van der Waals surface area contributed by atoms with Crippen LogP contribution in [0.5, 0.6) is 11.5 Å². The topological polar surface area (TPSA) is 106 Å². The molecule has 1 atom stereocenters. The number of Topliss-reactive ketones (excluding diaryl/α,β-unsaturated/α-hetero) is 1. The number of benzene rings is 2. The van der Waals surface area contributed by atoms with E-state index in [0.29, 0.717) is 35.8 Å². The lowest BCUT2D eigenvalue weighted by Crippen LogP contribution is -2.33. The number of amides is 1. The molecule has 0 saturated carbocycles. The van der Waals surface area contributed by atoms with Crippen LogP contribution in [0.15, 0.2) is 54.1 Å². The average molecular weight is 456 g/mol. The summed E-state index contributed by atoms with van der Waals surface area (Å²) in [5.41, 5.74) is 1.08. The number of ether oxygens (including phenoxy) is 3. The second-order valence-electron chi connectivity index (χ2n) is 7.29. The summed E-state index contributed by atoms with van der Waals surface area (Å²) in [4.78, 5) is 27.3. The Morgan fingerprint density at radius 1 is 0.909 bits per heavy atom. The number of nitrogens with zero attached hydrogens (tertiary/aromatic N) is 1. The van der Waals surface area contributed by atoms with Crippen LogP contribution in [0.25, 0.3) is 5.76 Å². The number of carbonyl (C=O) groups is 2. The van der Waals surface area contributed by atoms with Crippen molar-refractivity contribution >= 4 is 17.4 Å². The summed E-state index contributed by atoms with van der Waals surface area (Å²) in [6, 6.07) is 13.0. The highest BCUT2D eigenvalue weighted by atomic mass is 16.5. The summed E-state index contributed by atoms with van der Waals surface area (Å²) < 4.78 is 16.2. The molecular weight excluding hydrogens is 426 g/mol. The number of ketones is 1. The lowest BCUT2D eigenvalue weighted by Gasteiger charge is -2.25. The maximum Gasteiger partial charge on any atom is 0.295 e. The van der Waals surface area contributed by atoms with Gasteiger partial charge < -0.3 is 29.3 Å². The van der Waals surface area contributed by atoms with Crippen LogP contribution in [0.4, 0.5) is 0 Å². The van der Waals surface area contributed by atoms with Crippen molar-refractivity contribution in [3.05, 3.63) is 65.2 Å². The lowest BCUT2D eigenvalue weighted by molar-refractivity contribution is -0.140. The molecule has 0 bridgehead atoms. The van der Waals surface area contributed by atoms with Gasteiger partial charge in [-0.1, -0.05) is 12.1 Å². The molecule has 3 rings (SSSR count). The van der Waals surface area contributed by atoms with Gasteiger partial charge in [0.05, 0.1) is 44.6 Å². The summed E-state index contributed by atoms with van der Waals surface area (Å²) in [7, 11) is 0. The predicted octanol–water partition coefficient (Wildman–Crippen LogP) is 2.91. The Hall–Kier alpha value is -3.36. The highest BCUT2D eigenvalue weighted by Gasteiger charge is 2.45. The number of aliphatic hydroxyl groups excluding tert-OH is 2. The van der Waals surface area contributed by atoms with Crippen molar-refractivity contribution in [2.24, 2.45) is 0 Å². The molecular formula is C25H29NO7. The maximum atomic E-state index is 13.0. The van der Waals surface area contributed by atoms with Gasteiger partial charge in [0.25, 0.3) is 11.7 Å². The monoisotopic (exact) mass is 455 g/mol. The normalized spacial score (nSPS) is 17.4. The minimum absolute atomic E-state index is 0.00970. The largest absolute Gasteiger partial charge is 0.507 e. The van der Waals surface area contributed by atoms with Crippen molar-refractivity contribution < 1.29 is 34.0 Å². The van der Waals surface area contributed by atoms with E-state index in [2.05, 4.69) is 0 Å². The molecule has 176 valence electrons. The Bertz CT molecular complexity index is 983. The highest BCUT2D eigenvalue weighted by molar-refractivity contribution is 6.46. The van der Waals surface area contributed by atoms with Crippen LogP contribution in [0.3, 0.4) is 0 Å². The predicted molar refractivity (Wildman–Crippen MR) is 122 cm³/mol. The first-order chi connectivity index (χ1) is 16.0. The Balaban J connectivity index is 2.01. The van der Waals surface area contributed by atoms with Crippen molar-refractivity contribution in [3.8, 4) is 11.5 Å². The fourth-order valence-electron chi connectivity index (χ4n) is 3.73. The standard InChI is InChI=1S/C25H29NO7/c1-3-32-19-9-5-17(6-10-19)22-21(23(28)18-7-11-20(12-8-18)33-4-2)24(29)25(30)26(22)13-15-31-16-14-27/h5-12,22,27-28H,3-4,13-16H2,1-2H3/b23-21+. The van der Waals surface area contributed by atoms with Crippen LogP contribution in [-0.4, -0.2) is 66.4 Å². The molecule has 0 radical (unpaired) electrons. The molecule has 2 aromatic carbocycles. The first-order valence-corrected chi connectivity index (χ1v) is 10.9. The summed E-state index contributed by atoms with van der Waals surface area (Å²) in [5.74, 6) is -0.431. The van der Waals surface area contributed by atoms with Crippen LogP contribution < -0.4 is 9.47 Å². The van der Waals surface area contributed by atoms with Gasteiger partial charge in [-0.05, 0) is 55.8 Å². The summed E-state index contributed by atoms with van der Waals surface area (Å²) in [6.45, 7) is 5.03. The maximum absolute atomic E-state index is 13.0. The molecule has 1 unspecified atom stereocenters. The van der Waals surface area contributed by atoms with E-state index in [9.17, 15) is 14.7 Å². The molecule has 0 aromatic heterocycles. The van der Waals surface area contributed by atoms with E-state index >= 15 is 0 Å². The van der Waals surface area contributed by atoms with Gasteiger partial charge in [-0.15, -0.1) is 0 Å². The van der Waals surface area contributed by atoms with Gasteiger partial charge in [0.2, 0.25) is 0 Å². The molecule has 0 spiro atoms. The van der Waals surface area contributed by atoms with E-state index < -0.39 is 17.7 Å². The summed E-state index contributed by atoms with van der Waals surface area (Å²) in [6.07, 6.45) is 0. The van der Waals surface area contributed by atoms with Crippen molar-refractivity contribution in [1.29, 1.82) is 0 Å². The quantitative estimate of drug-likeness (QED) is 0.232. The van der Waals surface area contributed by atoms with Crippen LogP contribution in [-0.2, 0) is 14.3 Å². The zero-order chi connectivity index (χ0) is 23.8. The average Bonchev–Trinajstić information content (AvgIpc) is 3.08. The third-order valence-corrected chi connectivity index (χ3v) is 5.20. The fraction of sp³-hybridized carbons (Fsp3) is 0.360. The molecule has 2 N–H and O–H groups in total. The van der Waals surface area contributed by atoms with Gasteiger partial charge in [-0.2, -0.15) is 0 Å². The highest BCUT2D eigenvalue weighted by Crippen LogP contribution is 2.39. The van der Waals surface area contributed by atoms with Gasteiger partial charge in [0.1, 0.15) is 17.3 Å². The molecule has 1 heterocycles. The Morgan fingerprint density at radius 2 is 1.48 bits per heavy atom. The molecule has 1 amide bonds. The smallest absolute Gasteiger partial charge is 0.295 e. The van der Waals surface area contributed by atoms with E-state index in [1.54, 1.807) is 48.5 Å². The number of carbonyl (C=O) groups excluding carboxylic acids is 2. The van der Waals surface area contributed by atoms with E-state index in [-0.39, 0.29) is 37.7 Å². The Kier molecular flexibility index (Phi) is 8.46. The van der Waals surface area contributed by atoms with Crippen LogP contribution in [0.2, 0.25) is 0 Å². The SMILES string of the molecule is CCOc1ccc(/C(O)=C2\C(=O)C(=O)N(CCOCCO)C2c2ccc(OCC)cc2)cc1. The number of rotatable bonds is 11. The molecule has 1 aliphatic rings. The molecule has 1 saturated heterocycles. The van der Waals surface area contributed by atoms with Crippen LogP contribution >= 0.6 is 0 Å². The van der Waals surface area contributed by atoms with Crippen molar-refractivity contribution in [1.82, 2.24) is 4.90 Å². The molecule has 8 nitrogen and oxygen atoms in total. The molecule has 33 heavy (non-hydrogen) atoms. The summed E-state index contributed by atoms with van der Waals surface area (Å²) >= 11 is 0. The number of likely N-dealkylation sites (tertiary alicyclic amines) is 1. The molecule has 8 heteroatoms. The Labute approximate surface area is 193 Å². The van der Waals surface area contributed by atoms with Crippen LogP contribution in [0, 0.1) is 0 Å². The first-order valence-electron chi connectivity index (χ1n) is 10.9. The lowest BCUT2D eigenvalue weighted by atomic mass is 9.95. The van der Waals surface area contributed by atoms with Gasteiger partial charge in [0, 0.05) is 12.1 Å². The van der Waals surface area contributed by atoms with E-state index in [0.717, 1.165) is 0 Å². The van der Waals surface area contributed by atoms with Gasteiger partial charge in [-0.25, -0.2) is 0 Å². The van der Waals surface area contributed by atoms with Crippen molar-refractivity contribution in [2.45, 2.75) is 19.9 Å². The molecule has 1 fully saturated rings. The molecule has 2 aromatic rings. The fourth-order valence-corrected chi connectivity index (χ4v) is 3.73. The third kappa shape index (κ3) is 5.53. The molecule has 1 aliphatic heterocycles. The van der Waals surface area contributed by atoms with Gasteiger partial charge in [0.15, 0.2) is 0 Å². The van der Waals surface area contributed by atoms with Gasteiger partial charge >= 0.3 is 0 Å². The first kappa shape index (κ1) is 24.3. The second kappa shape index (κ2) is 11.5. The Morgan fingerprint density at radius 3 is 2.03 bits per heavy atom. The zero-order valence-electron chi connectivity index (χ0n) is 18.8. The van der Waals surface area contributed by atoms with Crippen LogP contribution in [0.1, 0.15) is 31.0 Å². The summed E-state index contributed by atoms with van der Waals surface area (Å²) in [5, 5.41) is 20.0. The van der Waals surface area contributed by atoms with Crippen molar-refractivity contribution in [2.75, 3.05) is 39.6 Å². The number of hydrogen-bond donors (Lipinski definition) is 2. The molecule has 0 aliphatic carbocycles. The van der Waals surface area contributed by atoms with E-state index in [1.807, 2.05) is 13.8 Å². The number of hydrogen-bond acceptors (Lipinski definition) is 7. The minimum atomic E-state index is -0.787. The second-order valence-corrected chi connectivity index (χ2v) is 7.29. The minimum Gasteiger partial charge on any atom is -0.507 e. The van der Waals surface area contributed by atoms with Gasteiger partial charge in [-0.3, -0.25) is 9.59 Å². The van der Waals surface area contributed by atoms with E-state index in [1.165, 1.54) is 4.90 Å². The number of aliphatic hydroxyl groups is 2. The van der Waals surface area contributed by atoms with Crippen molar-refractivity contribution in [3.63, 3.8) is 0 Å². The third-order valence-electron chi connectivity index (χ3n) is 5.20. The zero-order valence-corrected chi connectivity index (χ0v) is 18.8. The van der Waals surface area contributed by atoms with E-state index in [4.69, 9.17) is 19.3 Å².